The predicted octanol–water partition coefficient (Wildman–Crippen LogP) is 2.04. The Morgan fingerprint density at radius 3 is 2.09 bits per heavy atom. The quantitative estimate of drug-likeness (QED) is 0.403. The molecule has 0 radical (unpaired) electrons. The lowest BCUT2D eigenvalue weighted by Crippen LogP contribution is -1.85. The zero-order valence-corrected chi connectivity index (χ0v) is 6.32. The largest absolute Gasteiger partial charge is 0.269 e. The van der Waals surface area contributed by atoms with E-state index in [9.17, 15) is 10.1 Å². The number of nitrogens with zero attached hydrogens (tertiary/aromatic N) is 1. The van der Waals surface area contributed by atoms with Gasteiger partial charge in [0.15, 0.2) is 0 Å². The number of nitro groups is 1. The van der Waals surface area contributed by atoms with Gasteiger partial charge in [-0.1, -0.05) is 0 Å². The van der Waals surface area contributed by atoms with Gasteiger partial charge in [-0.3, -0.25) is 14.8 Å². The van der Waals surface area contributed by atoms with Gasteiger partial charge in [0.2, 0.25) is 0 Å². The summed E-state index contributed by atoms with van der Waals surface area (Å²) in [5, 5.41) is 10.1. The molecule has 0 aliphatic rings. The lowest BCUT2D eigenvalue weighted by molar-refractivity contribution is -0.384. The molecule has 0 aliphatic carbocycles. The molecule has 0 saturated carbocycles. The van der Waals surface area contributed by atoms with E-state index in [1.54, 1.807) is 12.1 Å². The first-order chi connectivity index (χ1) is 4.70. The van der Waals surface area contributed by atoms with Crippen molar-refractivity contribution >= 4 is 18.3 Å². The molecule has 1 aromatic rings. The second-order valence-corrected chi connectivity index (χ2v) is 2.29. The summed E-state index contributed by atoms with van der Waals surface area (Å²) < 4.78 is 0. The Bertz CT molecular complexity index is 249. The minimum atomic E-state index is -0.437. The van der Waals surface area contributed by atoms with Crippen molar-refractivity contribution in [3.8, 4) is 0 Å². The van der Waals surface area contributed by atoms with Crippen LogP contribution in [-0.4, -0.2) is 4.92 Å². The molecule has 0 aliphatic heterocycles. The van der Waals surface area contributed by atoms with Crippen LogP contribution >= 0.6 is 12.6 Å². The number of nitro benzene ring substituents is 1. The molecular formula is C6H6FNO2S. The molecular weight excluding hydrogens is 169 g/mol. The first-order valence-electron chi connectivity index (χ1n) is 2.63. The maximum Gasteiger partial charge on any atom is 0.269 e. The second-order valence-electron chi connectivity index (χ2n) is 1.77. The third-order valence-corrected chi connectivity index (χ3v) is 1.36. The van der Waals surface area contributed by atoms with Crippen LogP contribution in [0.15, 0.2) is 29.2 Å². The fraction of sp³-hybridized carbons (Fsp3) is 0. The van der Waals surface area contributed by atoms with E-state index in [-0.39, 0.29) is 10.4 Å². The van der Waals surface area contributed by atoms with Gasteiger partial charge >= 0.3 is 0 Å². The monoisotopic (exact) mass is 175 g/mol. The normalized spacial score (nSPS) is 8.45. The van der Waals surface area contributed by atoms with E-state index in [2.05, 4.69) is 12.6 Å². The summed E-state index contributed by atoms with van der Waals surface area (Å²) >= 11 is 3.98. The number of thiol groups is 1. The Labute approximate surface area is 68.0 Å². The average molecular weight is 175 g/mol. The van der Waals surface area contributed by atoms with Crippen LogP contribution in [0.5, 0.6) is 0 Å². The lowest BCUT2D eigenvalue weighted by atomic mass is 10.3. The van der Waals surface area contributed by atoms with Crippen LogP contribution in [0.25, 0.3) is 0 Å². The molecule has 1 rings (SSSR count). The first kappa shape index (κ1) is 9.90. The lowest BCUT2D eigenvalue weighted by Gasteiger charge is -1.89. The molecule has 0 amide bonds. The van der Waals surface area contributed by atoms with Crippen molar-refractivity contribution in [2.75, 3.05) is 0 Å². The van der Waals surface area contributed by atoms with E-state index in [1.165, 1.54) is 12.1 Å². The molecule has 3 nitrogen and oxygen atoms in total. The molecule has 0 spiro atoms. The summed E-state index contributed by atoms with van der Waals surface area (Å²) in [7, 11) is 0. The van der Waals surface area contributed by atoms with E-state index in [0.717, 1.165) is 4.90 Å². The molecule has 0 bridgehead atoms. The predicted molar refractivity (Wildman–Crippen MR) is 42.9 cm³/mol. The number of rotatable bonds is 1. The van der Waals surface area contributed by atoms with E-state index >= 15 is 0 Å². The van der Waals surface area contributed by atoms with Crippen molar-refractivity contribution in [3.63, 3.8) is 0 Å². The molecule has 5 heteroatoms. The molecule has 0 heterocycles. The van der Waals surface area contributed by atoms with Crippen LogP contribution in [0.2, 0.25) is 0 Å². The summed E-state index contributed by atoms with van der Waals surface area (Å²) in [6.45, 7) is 0. The first-order valence-corrected chi connectivity index (χ1v) is 3.08. The zero-order chi connectivity index (χ0) is 7.56. The van der Waals surface area contributed by atoms with Crippen LogP contribution < -0.4 is 0 Å². The minimum absolute atomic E-state index is 0. The van der Waals surface area contributed by atoms with Gasteiger partial charge in [-0.25, -0.2) is 0 Å². The summed E-state index contributed by atoms with van der Waals surface area (Å²) in [5.74, 6) is 0. The smallest absolute Gasteiger partial charge is 0.269 e. The highest BCUT2D eigenvalue weighted by Gasteiger charge is 2.00. The molecule has 11 heavy (non-hydrogen) atoms. The molecule has 0 aromatic heterocycles. The standard InChI is InChI=1S/C6H5NO2S.FH/c8-7(9)5-1-3-6(10)4-2-5;/h1-4,10H;1H. The van der Waals surface area contributed by atoms with Gasteiger partial charge in [0, 0.05) is 17.0 Å². The van der Waals surface area contributed by atoms with Crippen LogP contribution in [0.3, 0.4) is 0 Å². The number of hydrogen-bond donors (Lipinski definition) is 1. The molecule has 0 atom stereocenters. The van der Waals surface area contributed by atoms with Crippen molar-refractivity contribution in [1.29, 1.82) is 0 Å². The summed E-state index contributed by atoms with van der Waals surface area (Å²) in [4.78, 5) is 10.4. The number of benzene rings is 1. The van der Waals surface area contributed by atoms with Crippen molar-refractivity contribution in [2.24, 2.45) is 0 Å². The topological polar surface area (TPSA) is 43.1 Å². The van der Waals surface area contributed by atoms with Gasteiger partial charge in [0.1, 0.15) is 0 Å². The third kappa shape index (κ3) is 2.55. The summed E-state index contributed by atoms with van der Waals surface area (Å²) in [6.07, 6.45) is 0. The Balaban J connectivity index is 0.000001000. The van der Waals surface area contributed by atoms with E-state index in [0.29, 0.717) is 0 Å². The highest BCUT2D eigenvalue weighted by atomic mass is 32.1. The molecule has 0 N–H and O–H groups in total. The Kier molecular flexibility index (Phi) is 3.53. The highest BCUT2D eigenvalue weighted by molar-refractivity contribution is 7.80. The number of hydrogen-bond acceptors (Lipinski definition) is 3. The second kappa shape index (κ2) is 3.92. The van der Waals surface area contributed by atoms with Gasteiger partial charge in [-0.15, -0.1) is 12.6 Å². The van der Waals surface area contributed by atoms with Crippen molar-refractivity contribution < 1.29 is 9.63 Å². The molecule has 0 saturated heterocycles. The maximum atomic E-state index is 10.1. The van der Waals surface area contributed by atoms with E-state index in [4.69, 9.17) is 0 Å². The SMILES string of the molecule is F.O=[N+]([O-])c1ccc(S)cc1. The molecule has 0 unspecified atom stereocenters. The fourth-order valence-electron chi connectivity index (χ4n) is 0.574. The number of halogens is 1. The molecule has 60 valence electrons. The fourth-order valence-corrected chi connectivity index (χ4v) is 0.723. The minimum Gasteiger partial charge on any atom is -0.269 e. The Morgan fingerprint density at radius 1 is 1.27 bits per heavy atom. The van der Waals surface area contributed by atoms with Gasteiger partial charge < -0.3 is 0 Å². The molecule has 1 aromatic carbocycles. The van der Waals surface area contributed by atoms with Crippen LogP contribution in [0.1, 0.15) is 0 Å². The van der Waals surface area contributed by atoms with Crippen molar-refractivity contribution in [3.05, 3.63) is 34.4 Å². The van der Waals surface area contributed by atoms with Crippen LogP contribution in [0.4, 0.5) is 10.4 Å². The van der Waals surface area contributed by atoms with Crippen molar-refractivity contribution in [1.82, 2.24) is 0 Å². The summed E-state index contributed by atoms with van der Waals surface area (Å²) in [6, 6.07) is 6.01. The van der Waals surface area contributed by atoms with Crippen LogP contribution in [-0.2, 0) is 0 Å². The third-order valence-electron chi connectivity index (χ3n) is 1.06. The highest BCUT2D eigenvalue weighted by Crippen LogP contribution is 2.13. The van der Waals surface area contributed by atoms with Gasteiger partial charge in [0.05, 0.1) is 4.92 Å². The number of non-ortho nitro benzene ring substituents is 1. The Hall–Kier alpha value is -1.10. The van der Waals surface area contributed by atoms with Crippen LogP contribution in [0, 0.1) is 10.1 Å². The van der Waals surface area contributed by atoms with Crippen molar-refractivity contribution in [2.45, 2.75) is 4.90 Å². The maximum absolute atomic E-state index is 10.1. The van der Waals surface area contributed by atoms with Gasteiger partial charge in [-0.05, 0) is 12.1 Å². The van der Waals surface area contributed by atoms with E-state index in [1.807, 2.05) is 0 Å². The molecule has 0 fully saturated rings. The zero-order valence-electron chi connectivity index (χ0n) is 5.43. The van der Waals surface area contributed by atoms with E-state index < -0.39 is 4.92 Å². The van der Waals surface area contributed by atoms with Gasteiger partial charge in [-0.2, -0.15) is 0 Å². The van der Waals surface area contributed by atoms with Gasteiger partial charge in [0.25, 0.3) is 5.69 Å². The Morgan fingerprint density at radius 2 is 1.73 bits per heavy atom. The summed E-state index contributed by atoms with van der Waals surface area (Å²) in [5.41, 5.74) is 0.0952. The average Bonchev–Trinajstić information content (AvgIpc) is 1.88.